The summed E-state index contributed by atoms with van der Waals surface area (Å²) in [5.41, 5.74) is 6.40. The van der Waals surface area contributed by atoms with E-state index in [9.17, 15) is 18.4 Å². The highest BCUT2D eigenvalue weighted by Gasteiger charge is 2.41. The van der Waals surface area contributed by atoms with Crippen molar-refractivity contribution in [1.82, 2.24) is 9.55 Å². The first-order valence-electron chi connectivity index (χ1n) is 8.52. The second kappa shape index (κ2) is 7.08. The number of carbonyl (C=O) groups is 2. The maximum atomic E-state index is 13.2. The van der Waals surface area contributed by atoms with Crippen molar-refractivity contribution in [2.24, 2.45) is 5.73 Å². The molecule has 0 spiro atoms. The zero-order chi connectivity index (χ0) is 19.8. The number of primary amides is 1. The summed E-state index contributed by atoms with van der Waals surface area (Å²) in [6.07, 6.45) is -2.96. The Balaban J connectivity index is 1.68. The van der Waals surface area contributed by atoms with E-state index < -0.39 is 31.1 Å². The van der Waals surface area contributed by atoms with Crippen molar-refractivity contribution in [2.45, 2.75) is 19.2 Å². The topological polar surface area (TPSA) is 112 Å². The molecule has 0 bridgehead atoms. The number of nitrogens with one attached hydrogen (secondary N) is 1. The Morgan fingerprint density at radius 1 is 1.43 bits per heavy atom. The van der Waals surface area contributed by atoms with Crippen molar-refractivity contribution in [3.63, 3.8) is 0 Å². The predicted octanol–water partition coefficient (Wildman–Crippen LogP) is 0.794. The number of nitrogens with zero attached hydrogens (tertiary/aromatic N) is 3. The number of aromatic nitrogens is 2. The van der Waals surface area contributed by atoms with Crippen molar-refractivity contribution >= 4 is 23.3 Å². The fourth-order valence-electron chi connectivity index (χ4n) is 3.17. The van der Waals surface area contributed by atoms with Gasteiger partial charge < -0.3 is 25.1 Å². The van der Waals surface area contributed by atoms with Gasteiger partial charge in [-0.15, -0.1) is 0 Å². The van der Waals surface area contributed by atoms with E-state index in [-0.39, 0.29) is 12.4 Å². The highest BCUT2D eigenvalue weighted by Crippen LogP contribution is 2.36. The maximum Gasteiger partial charge on any atom is 0.283 e. The lowest BCUT2D eigenvalue weighted by molar-refractivity contribution is -0.118. The third-order valence-electron chi connectivity index (χ3n) is 4.41. The van der Waals surface area contributed by atoms with Crippen LogP contribution in [0, 0.1) is 0 Å². The molecule has 1 unspecified atom stereocenters. The SMILES string of the molecule is NC(=O)CNc1ccc2c(c1)OCCn1cc(N3C(=O)COC3C(F)F)nc1-2. The molecule has 11 heteroatoms. The average molecular weight is 393 g/mol. The second-order valence-electron chi connectivity index (χ2n) is 6.30. The summed E-state index contributed by atoms with van der Waals surface area (Å²) < 4.78 is 38.8. The van der Waals surface area contributed by atoms with Gasteiger partial charge >= 0.3 is 0 Å². The maximum absolute atomic E-state index is 13.2. The fraction of sp³-hybridized carbons (Fsp3) is 0.353. The lowest BCUT2D eigenvalue weighted by atomic mass is 10.1. The molecular weight excluding hydrogens is 376 g/mol. The van der Waals surface area contributed by atoms with Crippen LogP contribution in [0.5, 0.6) is 5.75 Å². The summed E-state index contributed by atoms with van der Waals surface area (Å²) in [5.74, 6) is 0.0335. The minimum Gasteiger partial charge on any atom is -0.491 e. The van der Waals surface area contributed by atoms with Crippen molar-refractivity contribution < 1.29 is 27.8 Å². The summed E-state index contributed by atoms with van der Waals surface area (Å²) in [6.45, 7) is 0.302. The van der Waals surface area contributed by atoms with Crippen LogP contribution in [0.1, 0.15) is 0 Å². The lowest BCUT2D eigenvalue weighted by Gasteiger charge is -2.19. The van der Waals surface area contributed by atoms with Crippen LogP contribution in [0.15, 0.2) is 24.4 Å². The minimum absolute atomic E-state index is 0.0242. The predicted molar refractivity (Wildman–Crippen MR) is 94.1 cm³/mol. The van der Waals surface area contributed by atoms with Crippen molar-refractivity contribution in [1.29, 1.82) is 0 Å². The molecule has 28 heavy (non-hydrogen) atoms. The van der Waals surface area contributed by atoms with Crippen LogP contribution in [-0.4, -0.2) is 53.8 Å². The number of alkyl halides is 2. The zero-order valence-corrected chi connectivity index (χ0v) is 14.6. The molecule has 0 saturated carbocycles. The number of ether oxygens (including phenoxy) is 2. The number of rotatable bonds is 5. The molecule has 1 atom stereocenters. The summed E-state index contributed by atoms with van der Waals surface area (Å²) in [5, 5.41) is 2.88. The van der Waals surface area contributed by atoms with Crippen LogP contribution in [0.2, 0.25) is 0 Å². The van der Waals surface area contributed by atoms with E-state index in [0.717, 1.165) is 4.90 Å². The van der Waals surface area contributed by atoms with Gasteiger partial charge in [-0.2, -0.15) is 0 Å². The summed E-state index contributed by atoms with van der Waals surface area (Å²) >= 11 is 0. The lowest BCUT2D eigenvalue weighted by Crippen LogP contribution is -2.38. The Labute approximate surface area is 158 Å². The smallest absolute Gasteiger partial charge is 0.283 e. The molecule has 4 rings (SSSR count). The number of hydrogen-bond donors (Lipinski definition) is 2. The fourth-order valence-corrected chi connectivity index (χ4v) is 3.17. The molecule has 0 aliphatic carbocycles. The number of amides is 2. The van der Waals surface area contributed by atoms with E-state index in [0.29, 0.717) is 36.0 Å². The van der Waals surface area contributed by atoms with Gasteiger partial charge in [-0.05, 0) is 12.1 Å². The Morgan fingerprint density at radius 3 is 3.00 bits per heavy atom. The van der Waals surface area contributed by atoms with Gasteiger partial charge in [0.1, 0.15) is 24.8 Å². The number of fused-ring (bicyclic) bond motifs is 3. The first-order valence-corrected chi connectivity index (χ1v) is 8.52. The van der Waals surface area contributed by atoms with Crippen molar-refractivity contribution in [3.8, 4) is 17.1 Å². The van der Waals surface area contributed by atoms with Crippen LogP contribution < -0.4 is 20.7 Å². The standard InChI is InChI=1S/C17H17F2N5O4/c18-15(19)17-24(14(26)8-28-17)13-7-23-3-4-27-11-5-9(21-6-12(20)25)1-2-10(11)16(23)22-13/h1-2,5,7,15,17,21H,3-4,6,8H2,(H2,20,25). The average Bonchev–Trinajstić information content (AvgIpc) is 3.19. The van der Waals surface area contributed by atoms with Gasteiger partial charge in [-0.3, -0.25) is 14.5 Å². The molecule has 2 aliphatic rings. The molecular formula is C17H17F2N5O4. The first-order chi connectivity index (χ1) is 13.4. The molecule has 148 valence electrons. The molecule has 0 radical (unpaired) electrons. The van der Waals surface area contributed by atoms with Crippen LogP contribution in [0.25, 0.3) is 11.4 Å². The number of hydrogen-bond acceptors (Lipinski definition) is 6. The molecule has 1 fully saturated rings. The molecule has 1 aromatic carbocycles. The molecule has 2 aliphatic heterocycles. The third-order valence-corrected chi connectivity index (χ3v) is 4.41. The first kappa shape index (κ1) is 18.2. The number of halogens is 2. The Hall–Kier alpha value is -3.21. The molecule has 3 heterocycles. The van der Waals surface area contributed by atoms with Crippen LogP contribution in [0.3, 0.4) is 0 Å². The molecule has 2 aromatic rings. The van der Waals surface area contributed by atoms with Gasteiger partial charge in [0, 0.05) is 18.0 Å². The van der Waals surface area contributed by atoms with E-state index in [1.54, 1.807) is 22.8 Å². The van der Waals surface area contributed by atoms with E-state index in [1.807, 2.05) is 0 Å². The van der Waals surface area contributed by atoms with E-state index >= 15 is 0 Å². The van der Waals surface area contributed by atoms with Crippen LogP contribution >= 0.6 is 0 Å². The van der Waals surface area contributed by atoms with E-state index in [1.165, 1.54) is 6.20 Å². The normalized spacial score (nSPS) is 18.5. The summed E-state index contributed by atoms with van der Waals surface area (Å²) in [4.78, 5) is 28.2. The van der Waals surface area contributed by atoms with Gasteiger partial charge in [0.25, 0.3) is 12.3 Å². The monoisotopic (exact) mass is 393 g/mol. The van der Waals surface area contributed by atoms with Gasteiger partial charge in [-0.25, -0.2) is 13.8 Å². The second-order valence-corrected chi connectivity index (χ2v) is 6.30. The summed E-state index contributed by atoms with van der Waals surface area (Å²) in [7, 11) is 0. The van der Waals surface area contributed by atoms with Crippen molar-refractivity contribution in [2.75, 3.05) is 30.0 Å². The quantitative estimate of drug-likeness (QED) is 0.777. The largest absolute Gasteiger partial charge is 0.491 e. The minimum atomic E-state index is -2.84. The van der Waals surface area contributed by atoms with Gasteiger partial charge in [0.15, 0.2) is 12.0 Å². The summed E-state index contributed by atoms with van der Waals surface area (Å²) in [6, 6.07) is 5.16. The number of anilines is 2. The number of carbonyl (C=O) groups excluding carboxylic acids is 2. The van der Waals surface area contributed by atoms with E-state index in [4.69, 9.17) is 15.2 Å². The molecule has 3 N–H and O–H groups in total. The number of imidazole rings is 1. The zero-order valence-electron chi connectivity index (χ0n) is 14.6. The molecule has 2 amide bonds. The van der Waals surface area contributed by atoms with Gasteiger partial charge in [-0.1, -0.05) is 0 Å². The van der Waals surface area contributed by atoms with Crippen LogP contribution in [0.4, 0.5) is 20.3 Å². The van der Waals surface area contributed by atoms with E-state index in [2.05, 4.69) is 10.3 Å². The Kier molecular flexibility index (Phi) is 4.59. The molecule has 9 nitrogen and oxygen atoms in total. The number of nitrogens with two attached hydrogens (primary N) is 1. The van der Waals surface area contributed by atoms with Crippen molar-refractivity contribution in [3.05, 3.63) is 24.4 Å². The highest BCUT2D eigenvalue weighted by molar-refractivity contribution is 5.95. The molecule has 1 saturated heterocycles. The third kappa shape index (κ3) is 3.24. The Morgan fingerprint density at radius 2 is 2.25 bits per heavy atom. The number of benzene rings is 1. The molecule has 1 aromatic heterocycles. The van der Waals surface area contributed by atoms with Gasteiger partial charge in [0.05, 0.1) is 18.7 Å². The van der Waals surface area contributed by atoms with Gasteiger partial charge in [0.2, 0.25) is 5.91 Å². The van der Waals surface area contributed by atoms with Crippen LogP contribution in [-0.2, 0) is 20.9 Å². The highest BCUT2D eigenvalue weighted by atomic mass is 19.3. The Bertz CT molecular complexity index is 932.